The topological polar surface area (TPSA) is 41.6 Å². The zero-order chi connectivity index (χ0) is 21.9. The molecular weight excluding hydrogens is 386 g/mol. The molecule has 158 valence electrons. The summed E-state index contributed by atoms with van der Waals surface area (Å²) in [6.45, 7) is 15.0. The van der Waals surface area contributed by atoms with Crippen LogP contribution in [0, 0.1) is 5.92 Å². The predicted molar refractivity (Wildman–Crippen MR) is 132 cm³/mol. The van der Waals surface area contributed by atoms with E-state index in [0.29, 0.717) is 5.96 Å². The molecule has 1 aliphatic rings. The standard InChI is InChI=1S/C26H33N3S/c1-7-11-20(12-8-2)24-18(4)29(6)25(27)28-26(24,5)23-16-22(17-30-23)21-14-10-13-19(9-3)15-21/h9-11,13-17,24H,3-4,7-8,12H2,1-2,5-6H3,(H2,27,28)/b20-11+/t24?,26-/m1/s1. The summed E-state index contributed by atoms with van der Waals surface area (Å²) in [4.78, 5) is 8.18. The molecule has 4 heteroatoms. The Morgan fingerprint density at radius 1 is 1.30 bits per heavy atom. The quantitative estimate of drug-likeness (QED) is 0.501. The van der Waals surface area contributed by atoms with Gasteiger partial charge in [-0.3, -0.25) is 0 Å². The Morgan fingerprint density at radius 3 is 2.73 bits per heavy atom. The van der Waals surface area contributed by atoms with Gasteiger partial charge in [0.15, 0.2) is 5.96 Å². The Kier molecular flexibility index (Phi) is 6.67. The van der Waals surface area contributed by atoms with Crippen LogP contribution in [0.2, 0.25) is 0 Å². The highest BCUT2D eigenvalue weighted by molar-refractivity contribution is 7.10. The summed E-state index contributed by atoms with van der Waals surface area (Å²) < 4.78 is 0. The van der Waals surface area contributed by atoms with E-state index in [0.717, 1.165) is 30.5 Å². The molecule has 30 heavy (non-hydrogen) atoms. The number of nitrogens with zero attached hydrogens (tertiary/aromatic N) is 2. The molecule has 2 N–H and O–H groups in total. The van der Waals surface area contributed by atoms with Gasteiger partial charge in [0.1, 0.15) is 5.54 Å². The number of allylic oxidation sites excluding steroid dienone is 1. The lowest BCUT2D eigenvalue weighted by atomic mass is 9.74. The molecule has 0 bridgehead atoms. The first-order valence-electron chi connectivity index (χ1n) is 10.6. The SMILES string of the molecule is C=Cc1cccc(-c2csc([C@@]3(C)N=C(N)N(C)C(=C)C3/C(=C/CC)CCC)c2)c1. The number of rotatable bonds is 7. The highest BCUT2D eigenvalue weighted by atomic mass is 32.1. The molecule has 0 fully saturated rings. The fraction of sp³-hybridized carbons (Fsp3) is 0.346. The van der Waals surface area contributed by atoms with Gasteiger partial charge in [-0.15, -0.1) is 11.3 Å². The van der Waals surface area contributed by atoms with E-state index in [1.165, 1.54) is 21.6 Å². The van der Waals surface area contributed by atoms with Crippen molar-refractivity contribution >= 4 is 23.4 Å². The molecule has 1 aliphatic heterocycles. The van der Waals surface area contributed by atoms with Gasteiger partial charge in [0.2, 0.25) is 0 Å². The lowest BCUT2D eigenvalue weighted by molar-refractivity contribution is 0.314. The minimum atomic E-state index is -0.469. The number of guanidine groups is 1. The van der Waals surface area contributed by atoms with Crippen LogP contribution in [0.15, 0.2) is 71.2 Å². The van der Waals surface area contributed by atoms with E-state index in [2.05, 4.69) is 75.7 Å². The number of aliphatic imine (C=N–C) groups is 1. The predicted octanol–water partition coefficient (Wildman–Crippen LogP) is 6.80. The number of nitrogens with two attached hydrogens (primary N) is 1. The first-order valence-corrected chi connectivity index (χ1v) is 11.5. The smallest absolute Gasteiger partial charge is 0.196 e. The zero-order valence-corrected chi connectivity index (χ0v) is 19.4. The molecular formula is C26H33N3S. The Hall–Kier alpha value is -2.59. The van der Waals surface area contributed by atoms with Gasteiger partial charge in [0, 0.05) is 23.5 Å². The monoisotopic (exact) mass is 419 g/mol. The molecule has 2 heterocycles. The van der Waals surface area contributed by atoms with Crippen LogP contribution in [0.4, 0.5) is 0 Å². The van der Waals surface area contributed by atoms with Crippen molar-refractivity contribution in [2.45, 2.75) is 45.6 Å². The van der Waals surface area contributed by atoms with Crippen LogP contribution in [-0.2, 0) is 5.54 Å². The van der Waals surface area contributed by atoms with E-state index in [1.807, 2.05) is 18.0 Å². The van der Waals surface area contributed by atoms with Crippen molar-refractivity contribution in [3.63, 3.8) is 0 Å². The van der Waals surface area contributed by atoms with Gasteiger partial charge in [0.25, 0.3) is 0 Å². The van der Waals surface area contributed by atoms with Crippen molar-refractivity contribution in [3.8, 4) is 11.1 Å². The van der Waals surface area contributed by atoms with Crippen LogP contribution in [-0.4, -0.2) is 17.9 Å². The van der Waals surface area contributed by atoms with E-state index < -0.39 is 5.54 Å². The highest BCUT2D eigenvalue weighted by Gasteiger charge is 2.45. The molecule has 0 saturated carbocycles. The van der Waals surface area contributed by atoms with E-state index >= 15 is 0 Å². The normalized spacial score (nSPS) is 22.2. The van der Waals surface area contributed by atoms with Crippen LogP contribution in [0.5, 0.6) is 0 Å². The maximum Gasteiger partial charge on any atom is 0.196 e. The Bertz CT molecular complexity index is 997. The maximum atomic E-state index is 6.34. The zero-order valence-electron chi connectivity index (χ0n) is 18.6. The number of benzene rings is 1. The Morgan fingerprint density at radius 2 is 2.07 bits per heavy atom. The molecule has 1 aromatic heterocycles. The van der Waals surface area contributed by atoms with Crippen molar-refractivity contribution < 1.29 is 0 Å². The molecule has 0 radical (unpaired) electrons. The van der Waals surface area contributed by atoms with E-state index in [4.69, 9.17) is 10.7 Å². The Labute approximate surface area is 185 Å². The van der Waals surface area contributed by atoms with Gasteiger partial charge in [-0.2, -0.15) is 0 Å². The van der Waals surface area contributed by atoms with Crippen LogP contribution in [0.25, 0.3) is 17.2 Å². The third kappa shape index (κ3) is 4.01. The van der Waals surface area contributed by atoms with Gasteiger partial charge < -0.3 is 10.6 Å². The van der Waals surface area contributed by atoms with Crippen molar-refractivity contribution in [2.24, 2.45) is 16.6 Å². The minimum Gasteiger partial charge on any atom is -0.370 e. The summed E-state index contributed by atoms with van der Waals surface area (Å²) in [6, 6.07) is 10.7. The molecule has 3 nitrogen and oxygen atoms in total. The second-order valence-corrected chi connectivity index (χ2v) is 8.98. The molecule has 1 aromatic carbocycles. The molecule has 0 aliphatic carbocycles. The van der Waals surface area contributed by atoms with Crippen LogP contribution >= 0.6 is 11.3 Å². The third-order valence-electron chi connectivity index (χ3n) is 5.95. The molecule has 0 amide bonds. The number of thiophene rings is 1. The first kappa shape index (κ1) is 22.1. The van der Waals surface area contributed by atoms with Crippen molar-refractivity contribution in [3.05, 3.63) is 76.7 Å². The van der Waals surface area contributed by atoms with Crippen LogP contribution in [0.3, 0.4) is 0 Å². The molecule has 1 unspecified atom stereocenters. The Balaban J connectivity index is 2.12. The fourth-order valence-electron chi connectivity index (χ4n) is 4.33. The second kappa shape index (κ2) is 9.05. The summed E-state index contributed by atoms with van der Waals surface area (Å²) in [5.74, 6) is 0.621. The first-order chi connectivity index (χ1) is 14.3. The van der Waals surface area contributed by atoms with E-state index in [9.17, 15) is 0 Å². The maximum absolute atomic E-state index is 6.34. The number of hydrogen-bond acceptors (Lipinski definition) is 4. The molecule has 0 spiro atoms. The molecule has 0 saturated heterocycles. The summed E-state index contributed by atoms with van der Waals surface area (Å²) >= 11 is 1.75. The van der Waals surface area contributed by atoms with E-state index in [1.54, 1.807) is 11.3 Å². The second-order valence-electron chi connectivity index (χ2n) is 8.07. The molecule has 2 aromatic rings. The highest BCUT2D eigenvalue weighted by Crippen LogP contribution is 2.49. The summed E-state index contributed by atoms with van der Waals surface area (Å²) in [5.41, 5.74) is 11.8. The summed E-state index contributed by atoms with van der Waals surface area (Å²) in [7, 11) is 1.96. The average molecular weight is 420 g/mol. The van der Waals surface area contributed by atoms with Crippen LogP contribution in [0.1, 0.15) is 50.5 Å². The van der Waals surface area contributed by atoms with Crippen molar-refractivity contribution in [1.29, 1.82) is 0 Å². The lowest BCUT2D eigenvalue weighted by Gasteiger charge is -2.44. The third-order valence-corrected chi connectivity index (χ3v) is 7.10. The summed E-state index contributed by atoms with van der Waals surface area (Å²) in [6.07, 6.45) is 7.37. The van der Waals surface area contributed by atoms with Gasteiger partial charge in [-0.25, -0.2) is 4.99 Å². The molecule has 2 atom stereocenters. The van der Waals surface area contributed by atoms with Gasteiger partial charge in [-0.1, -0.05) is 69.4 Å². The van der Waals surface area contributed by atoms with Gasteiger partial charge >= 0.3 is 0 Å². The van der Waals surface area contributed by atoms with Gasteiger partial charge in [0.05, 0.1) is 0 Å². The average Bonchev–Trinajstić information content (AvgIpc) is 3.24. The van der Waals surface area contributed by atoms with Crippen LogP contribution < -0.4 is 5.73 Å². The number of hydrogen-bond donors (Lipinski definition) is 1. The van der Waals surface area contributed by atoms with Gasteiger partial charge in [-0.05, 0) is 54.0 Å². The minimum absolute atomic E-state index is 0.0979. The van der Waals surface area contributed by atoms with Crippen molar-refractivity contribution in [2.75, 3.05) is 7.05 Å². The van der Waals surface area contributed by atoms with Crippen molar-refractivity contribution in [1.82, 2.24) is 4.90 Å². The fourth-order valence-corrected chi connectivity index (χ4v) is 5.38. The molecule has 3 rings (SSSR count). The summed E-state index contributed by atoms with van der Waals surface area (Å²) in [5, 5.41) is 2.22. The lowest BCUT2D eigenvalue weighted by Crippen LogP contribution is -2.48. The largest absolute Gasteiger partial charge is 0.370 e. The van der Waals surface area contributed by atoms with E-state index in [-0.39, 0.29) is 5.92 Å².